The fourth-order valence-corrected chi connectivity index (χ4v) is 1.53. The predicted molar refractivity (Wildman–Crippen MR) is 45.8 cm³/mol. The Balaban J connectivity index is 2.60. The van der Waals surface area contributed by atoms with Gasteiger partial charge in [-0.2, -0.15) is 0 Å². The van der Waals surface area contributed by atoms with E-state index in [9.17, 15) is 0 Å². The molecule has 2 rings (SSSR count). The van der Waals surface area contributed by atoms with Gasteiger partial charge in [-0.05, 0) is 18.1 Å². The van der Waals surface area contributed by atoms with E-state index >= 15 is 0 Å². The molecule has 0 aliphatic carbocycles. The third kappa shape index (κ3) is 1.03. The van der Waals surface area contributed by atoms with Crippen LogP contribution >= 0.6 is 0 Å². The average Bonchev–Trinajstić information content (AvgIpc) is 2.34. The SMILES string of the molecule is [B]c1cc(C)c2c(c1)CCO2. The van der Waals surface area contributed by atoms with Crippen molar-refractivity contribution in [2.24, 2.45) is 0 Å². The first-order valence-corrected chi connectivity index (χ1v) is 3.79. The molecule has 2 radical (unpaired) electrons. The van der Waals surface area contributed by atoms with Crippen molar-refractivity contribution < 1.29 is 4.74 Å². The summed E-state index contributed by atoms with van der Waals surface area (Å²) in [4.78, 5) is 0. The standard InChI is InChI=1S/C9H9BO/c1-6-4-8(10)5-7-2-3-11-9(6)7/h4-5H,2-3H2,1H3. The van der Waals surface area contributed by atoms with Crippen molar-refractivity contribution in [3.05, 3.63) is 23.3 Å². The molecule has 1 aliphatic heterocycles. The van der Waals surface area contributed by atoms with Crippen LogP contribution in [0.2, 0.25) is 0 Å². The van der Waals surface area contributed by atoms with Gasteiger partial charge in [0.25, 0.3) is 0 Å². The van der Waals surface area contributed by atoms with Crippen molar-refractivity contribution in [2.75, 3.05) is 6.61 Å². The topological polar surface area (TPSA) is 9.23 Å². The van der Waals surface area contributed by atoms with Gasteiger partial charge in [0.05, 0.1) is 6.61 Å². The fraction of sp³-hybridized carbons (Fsp3) is 0.333. The molecule has 1 heterocycles. The third-order valence-electron chi connectivity index (χ3n) is 1.99. The Morgan fingerprint density at radius 1 is 1.45 bits per heavy atom. The van der Waals surface area contributed by atoms with E-state index in [1.807, 2.05) is 19.1 Å². The molecule has 0 spiro atoms. The Bertz CT molecular complexity index is 294. The van der Waals surface area contributed by atoms with E-state index < -0.39 is 0 Å². The fourth-order valence-electron chi connectivity index (χ4n) is 1.53. The highest BCUT2D eigenvalue weighted by molar-refractivity contribution is 6.32. The smallest absolute Gasteiger partial charge is 0.125 e. The molecule has 0 aromatic heterocycles. The molecule has 0 atom stereocenters. The summed E-state index contributed by atoms with van der Waals surface area (Å²) in [5.74, 6) is 1.04. The van der Waals surface area contributed by atoms with E-state index in [1.54, 1.807) is 0 Å². The Morgan fingerprint density at radius 3 is 3.09 bits per heavy atom. The molecule has 1 aromatic carbocycles. The van der Waals surface area contributed by atoms with Crippen molar-refractivity contribution >= 4 is 13.3 Å². The van der Waals surface area contributed by atoms with Crippen molar-refractivity contribution in [1.29, 1.82) is 0 Å². The summed E-state index contributed by atoms with van der Waals surface area (Å²) in [6.07, 6.45) is 1.00. The number of ether oxygens (including phenoxy) is 1. The van der Waals surface area contributed by atoms with E-state index in [4.69, 9.17) is 12.6 Å². The number of aryl methyl sites for hydroxylation is 1. The Hall–Kier alpha value is -0.915. The minimum absolute atomic E-state index is 0.805. The van der Waals surface area contributed by atoms with Gasteiger partial charge in [-0.1, -0.05) is 17.6 Å². The van der Waals surface area contributed by atoms with Crippen LogP contribution in [-0.4, -0.2) is 14.5 Å². The molecule has 11 heavy (non-hydrogen) atoms. The van der Waals surface area contributed by atoms with Gasteiger partial charge in [0.2, 0.25) is 0 Å². The van der Waals surface area contributed by atoms with Crippen LogP contribution < -0.4 is 10.2 Å². The maximum atomic E-state index is 5.68. The van der Waals surface area contributed by atoms with Crippen LogP contribution in [0.15, 0.2) is 12.1 Å². The molecular formula is C9H9BO. The van der Waals surface area contributed by atoms with E-state index in [1.165, 1.54) is 5.56 Å². The normalized spacial score (nSPS) is 14.3. The molecule has 0 N–H and O–H groups in total. The summed E-state index contributed by atoms with van der Waals surface area (Å²) in [5, 5.41) is 0. The van der Waals surface area contributed by atoms with Gasteiger partial charge in [0.1, 0.15) is 13.6 Å². The summed E-state index contributed by atoms with van der Waals surface area (Å²) in [7, 11) is 5.68. The largest absolute Gasteiger partial charge is 0.493 e. The maximum Gasteiger partial charge on any atom is 0.125 e. The molecule has 0 amide bonds. The second kappa shape index (κ2) is 2.30. The minimum atomic E-state index is 0.805. The molecule has 54 valence electrons. The second-order valence-corrected chi connectivity index (χ2v) is 2.92. The van der Waals surface area contributed by atoms with E-state index in [2.05, 4.69) is 0 Å². The van der Waals surface area contributed by atoms with E-state index in [0.29, 0.717) is 0 Å². The van der Waals surface area contributed by atoms with Crippen LogP contribution in [0, 0.1) is 6.92 Å². The van der Waals surface area contributed by atoms with E-state index in [0.717, 1.165) is 29.8 Å². The van der Waals surface area contributed by atoms with Gasteiger partial charge in [-0.25, -0.2) is 0 Å². The first-order valence-electron chi connectivity index (χ1n) is 3.79. The van der Waals surface area contributed by atoms with Crippen LogP contribution in [0.1, 0.15) is 11.1 Å². The average molecular weight is 144 g/mol. The summed E-state index contributed by atoms with van der Waals surface area (Å²) in [6.45, 7) is 2.83. The number of hydrogen-bond donors (Lipinski definition) is 0. The predicted octanol–water partition coefficient (Wildman–Crippen LogP) is 0.724. The third-order valence-corrected chi connectivity index (χ3v) is 1.99. The van der Waals surface area contributed by atoms with Crippen molar-refractivity contribution in [2.45, 2.75) is 13.3 Å². The van der Waals surface area contributed by atoms with E-state index in [-0.39, 0.29) is 0 Å². The molecule has 1 aromatic rings. The Labute approximate surface area is 67.8 Å². The van der Waals surface area contributed by atoms with Gasteiger partial charge in [-0.15, -0.1) is 0 Å². The quantitative estimate of drug-likeness (QED) is 0.487. The minimum Gasteiger partial charge on any atom is -0.493 e. The lowest BCUT2D eigenvalue weighted by atomic mass is 9.91. The molecule has 0 saturated heterocycles. The van der Waals surface area contributed by atoms with Gasteiger partial charge < -0.3 is 4.74 Å². The van der Waals surface area contributed by atoms with Gasteiger partial charge in [0.15, 0.2) is 0 Å². The zero-order valence-electron chi connectivity index (χ0n) is 6.55. The Morgan fingerprint density at radius 2 is 2.27 bits per heavy atom. The van der Waals surface area contributed by atoms with Crippen molar-refractivity contribution in [3.63, 3.8) is 0 Å². The first-order chi connectivity index (χ1) is 5.27. The lowest BCUT2D eigenvalue weighted by Crippen LogP contribution is -2.03. The van der Waals surface area contributed by atoms with Crippen LogP contribution in [0.5, 0.6) is 5.75 Å². The summed E-state index contributed by atoms with van der Waals surface area (Å²) >= 11 is 0. The highest BCUT2D eigenvalue weighted by Gasteiger charge is 2.13. The molecule has 1 aliphatic rings. The summed E-state index contributed by atoms with van der Waals surface area (Å²) < 4.78 is 5.43. The second-order valence-electron chi connectivity index (χ2n) is 2.92. The summed E-state index contributed by atoms with van der Waals surface area (Å²) in [5.41, 5.74) is 3.24. The zero-order chi connectivity index (χ0) is 7.84. The molecule has 1 nitrogen and oxygen atoms in total. The van der Waals surface area contributed by atoms with Gasteiger partial charge >= 0.3 is 0 Å². The zero-order valence-corrected chi connectivity index (χ0v) is 6.55. The van der Waals surface area contributed by atoms with Crippen LogP contribution in [0.3, 0.4) is 0 Å². The van der Waals surface area contributed by atoms with Gasteiger partial charge in [0, 0.05) is 6.42 Å². The maximum absolute atomic E-state index is 5.68. The lowest BCUT2D eigenvalue weighted by Gasteiger charge is -2.04. The molecular weight excluding hydrogens is 135 g/mol. The molecule has 0 fully saturated rings. The molecule has 0 saturated carbocycles. The number of rotatable bonds is 0. The van der Waals surface area contributed by atoms with Gasteiger partial charge in [-0.3, -0.25) is 0 Å². The number of benzene rings is 1. The molecule has 2 heteroatoms. The van der Waals surface area contributed by atoms with Crippen LogP contribution in [0.25, 0.3) is 0 Å². The van der Waals surface area contributed by atoms with Crippen LogP contribution in [-0.2, 0) is 6.42 Å². The Kier molecular flexibility index (Phi) is 1.41. The highest BCUT2D eigenvalue weighted by atomic mass is 16.5. The highest BCUT2D eigenvalue weighted by Crippen LogP contribution is 2.27. The monoisotopic (exact) mass is 144 g/mol. The lowest BCUT2D eigenvalue weighted by molar-refractivity contribution is 0.354. The number of fused-ring (bicyclic) bond motifs is 1. The van der Waals surface area contributed by atoms with Crippen LogP contribution in [0.4, 0.5) is 0 Å². The number of hydrogen-bond acceptors (Lipinski definition) is 1. The summed E-state index contributed by atoms with van der Waals surface area (Å²) in [6, 6.07) is 3.94. The molecule has 0 unspecified atom stereocenters. The van der Waals surface area contributed by atoms with Crippen molar-refractivity contribution in [1.82, 2.24) is 0 Å². The molecule has 0 bridgehead atoms. The first kappa shape index (κ1) is 6.77. The van der Waals surface area contributed by atoms with Crippen molar-refractivity contribution in [3.8, 4) is 5.75 Å².